The molecule has 0 amide bonds. The zero-order valence-electron chi connectivity index (χ0n) is 24.8. The molecule has 1 fully saturated rings. The first kappa shape index (κ1) is 33.2. The minimum atomic E-state index is -2.75. The van der Waals surface area contributed by atoms with E-state index in [0.717, 1.165) is 11.0 Å². The van der Waals surface area contributed by atoms with E-state index < -0.39 is 23.4 Å². The summed E-state index contributed by atoms with van der Waals surface area (Å²) in [6, 6.07) is 5.58. The summed E-state index contributed by atoms with van der Waals surface area (Å²) in [6.07, 6.45) is 1.87. The van der Waals surface area contributed by atoms with E-state index in [1.165, 1.54) is 20.0 Å². The van der Waals surface area contributed by atoms with Crippen molar-refractivity contribution in [2.45, 2.75) is 58.7 Å². The van der Waals surface area contributed by atoms with Crippen LogP contribution in [0.2, 0.25) is 5.02 Å². The second kappa shape index (κ2) is 13.3. The molecule has 11 nitrogen and oxygen atoms in total. The van der Waals surface area contributed by atoms with Crippen LogP contribution in [0, 0.1) is 11.8 Å². The number of hydrogen-bond acceptors (Lipinski definition) is 8. The van der Waals surface area contributed by atoms with E-state index in [-0.39, 0.29) is 30.3 Å². The molecule has 1 saturated heterocycles. The molecule has 0 radical (unpaired) electrons. The van der Waals surface area contributed by atoms with Gasteiger partial charge in [0.05, 0.1) is 22.8 Å². The molecular weight excluding hydrogens is 572 g/mol. The van der Waals surface area contributed by atoms with Crippen molar-refractivity contribution in [3.05, 3.63) is 39.9 Å². The van der Waals surface area contributed by atoms with E-state index in [1.54, 1.807) is 27.9 Å². The van der Waals surface area contributed by atoms with Gasteiger partial charge in [0.15, 0.2) is 5.82 Å². The SMILES string of the molecule is C[C@@H]1CN(c2ncc(Cl)c(Nc3ccc4c(c3)n(CCC(C)(C)O)c(=O)n4CCN(C)C)n2)C[C@H](C)C1(F)F.O=CO. The second-order valence-electron chi connectivity index (χ2n) is 11.6. The maximum absolute atomic E-state index is 14.4. The van der Waals surface area contributed by atoms with Crippen molar-refractivity contribution in [2.24, 2.45) is 11.8 Å². The van der Waals surface area contributed by atoms with Crippen molar-refractivity contribution >= 4 is 46.6 Å². The van der Waals surface area contributed by atoms with Crippen LogP contribution < -0.4 is 15.9 Å². The zero-order valence-corrected chi connectivity index (χ0v) is 25.6. The Bertz CT molecular complexity index is 1420. The minimum Gasteiger partial charge on any atom is -0.483 e. The van der Waals surface area contributed by atoms with Crippen molar-refractivity contribution in [3.63, 3.8) is 0 Å². The van der Waals surface area contributed by atoms with E-state index in [4.69, 9.17) is 21.5 Å². The largest absolute Gasteiger partial charge is 0.483 e. The number of fused-ring (bicyclic) bond motifs is 1. The fraction of sp³-hybridized carbons (Fsp3) is 0.571. The average molecular weight is 612 g/mol. The number of hydrogen-bond donors (Lipinski definition) is 3. The standard InChI is InChI=1S/C27H38ClF2N7O2.CH2O2/c1-17-15-35(16-18(2)27(17,29)30)24-31-14-20(28)23(33-24)32-19-7-8-21-22(13-19)36(10-9-26(3,4)39)25(38)37(21)12-11-34(5)6;2-1-3/h7-8,13-14,17-18,39H,9-12,15-16H2,1-6H3,(H,31,32,33);1H,(H,2,3)/t17-,18+;. The summed E-state index contributed by atoms with van der Waals surface area (Å²) in [5, 5.41) is 20.7. The number of likely N-dealkylation sites (N-methyl/N-ethyl adjacent to an activating group) is 1. The summed E-state index contributed by atoms with van der Waals surface area (Å²) in [5.74, 6) is -3.75. The van der Waals surface area contributed by atoms with Gasteiger partial charge in [0, 0.05) is 50.2 Å². The third-order valence-electron chi connectivity index (χ3n) is 7.32. The molecule has 14 heteroatoms. The number of nitrogens with one attached hydrogen (secondary N) is 1. The Labute approximate surface area is 248 Å². The first-order valence-electron chi connectivity index (χ1n) is 13.7. The normalized spacial score (nSPS) is 18.6. The summed E-state index contributed by atoms with van der Waals surface area (Å²) < 4.78 is 32.2. The molecule has 0 aliphatic carbocycles. The summed E-state index contributed by atoms with van der Waals surface area (Å²) in [7, 11) is 3.91. The zero-order chi connectivity index (χ0) is 31.4. The van der Waals surface area contributed by atoms with Crippen molar-refractivity contribution < 1.29 is 23.8 Å². The Morgan fingerprint density at radius 2 is 1.76 bits per heavy atom. The minimum absolute atomic E-state index is 0.137. The van der Waals surface area contributed by atoms with Gasteiger partial charge >= 0.3 is 5.69 Å². The van der Waals surface area contributed by atoms with E-state index >= 15 is 0 Å². The molecule has 0 unspecified atom stereocenters. The maximum Gasteiger partial charge on any atom is 0.329 e. The number of halogens is 3. The highest BCUT2D eigenvalue weighted by molar-refractivity contribution is 6.32. The predicted octanol–water partition coefficient (Wildman–Crippen LogP) is 4.14. The van der Waals surface area contributed by atoms with E-state index in [2.05, 4.69) is 15.3 Å². The first-order valence-corrected chi connectivity index (χ1v) is 14.1. The number of aliphatic hydroxyl groups is 1. The molecule has 3 N–H and O–H groups in total. The van der Waals surface area contributed by atoms with Crippen molar-refractivity contribution in [2.75, 3.05) is 43.9 Å². The van der Waals surface area contributed by atoms with Crippen LogP contribution in [0.1, 0.15) is 34.1 Å². The topological polar surface area (TPSA) is 129 Å². The Morgan fingerprint density at radius 3 is 2.33 bits per heavy atom. The first-order chi connectivity index (χ1) is 19.6. The average Bonchev–Trinajstić information content (AvgIpc) is 3.15. The van der Waals surface area contributed by atoms with Gasteiger partial charge in [0.1, 0.15) is 5.02 Å². The lowest BCUT2D eigenvalue weighted by Crippen LogP contribution is -2.52. The number of aryl methyl sites for hydroxylation is 1. The molecule has 232 valence electrons. The molecule has 1 aliphatic heterocycles. The van der Waals surface area contributed by atoms with E-state index in [9.17, 15) is 18.7 Å². The number of benzene rings is 1. The number of carbonyl (C=O) groups is 1. The lowest BCUT2D eigenvalue weighted by atomic mass is 9.87. The van der Waals surface area contributed by atoms with Gasteiger partial charge in [-0.2, -0.15) is 4.98 Å². The van der Waals surface area contributed by atoms with Gasteiger partial charge in [-0.1, -0.05) is 25.4 Å². The van der Waals surface area contributed by atoms with Gasteiger partial charge in [0.2, 0.25) is 5.95 Å². The molecule has 2 atom stereocenters. The molecule has 42 heavy (non-hydrogen) atoms. The van der Waals surface area contributed by atoms with Gasteiger partial charge in [0.25, 0.3) is 12.4 Å². The third-order valence-corrected chi connectivity index (χ3v) is 7.59. The molecular formula is C28H40ClF2N7O4. The molecule has 0 bridgehead atoms. The summed E-state index contributed by atoms with van der Waals surface area (Å²) in [5.41, 5.74) is 1.10. The van der Waals surface area contributed by atoms with Crippen molar-refractivity contribution in [3.8, 4) is 0 Å². The van der Waals surface area contributed by atoms with Gasteiger partial charge in [-0.15, -0.1) is 0 Å². The molecule has 3 heterocycles. The van der Waals surface area contributed by atoms with Crippen LogP contribution >= 0.6 is 11.6 Å². The summed E-state index contributed by atoms with van der Waals surface area (Å²) >= 11 is 6.42. The number of carboxylic acid groups (broad SMARTS) is 1. The van der Waals surface area contributed by atoms with Crippen molar-refractivity contribution in [1.29, 1.82) is 0 Å². The van der Waals surface area contributed by atoms with Gasteiger partial charge in [-0.3, -0.25) is 13.9 Å². The maximum atomic E-state index is 14.4. The number of alkyl halides is 2. The highest BCUT2D eigenvalue weighted by Crippen LogP contribution is 2.39. The van der Waals surface area contributed by atoms with Crippen LogP contribution in [0.15, 0.2) is 29.2 Å². The van der Waals surface area contributed by atoms with Crippen LogP contribution in [0.4, 0.5) is 26.2 Å². The fourth-order valence-electron chi connectivity index (χ4n) is 4.88. The smallest absolute Gasteiger partial charge is 0.329 e. The molecule has 1 aliphatic rings. The van der Waals surface area contributed by atoms with Gasteiger partial charge < -0.3 is 25.3 Å². The Morgan fingerprint density at radius 1 is 1.17 bits per heavy atom. The molecule has 0 spiro atoms. The monoisotopic (exact) mass is 611 g/mol. The quantitative estimate of drug-likeness (QED) is 0.306. The van der Waals surface area contributed by atoms with Gasteiger partial charge in [-0.05, 0) is 52.6 Å². The van der Waals surface area contributed by atoms with E-state index in [0.29, 0.717) is 43.5 Å². The molecule has 2 aromatic heterocycles. The number of aromatic nitrogens is 4. The molecule has 4 rings (SSSR count). The summed E-state index contributed by atoms with van der Waals surface area (Å²) in [4.78, 5) is 34.4. The Balaban J connectivity index is 0.00000155. The van der Waals surface area contributed by atoms with Gasteiger partial charge in [-0.25, -0.2) is 18.6 Å². The van der Waals surface area contributed by atoms with Crippen LogP contribution in [0.3, 0.4) is 0 Å². The highest BCUT2D eigenvalue weighted by Gasteiger charge is 2.47. The Kier molecular flexibility index (Phi) is 10.6. The number of imidazole rings is 1. The van der Waals surface area contributed by atoms with Crippen LogP contribution in [-0.2, 0) is 17.9 Å². The number of piperidine rings is 1. The molecule has 3 aromatic rings. The van der Waals surface area contributed by atoms with Crippen LogP contribution in [0.5, 0.6) is 0 Å². The third kappa shape index (κ3) is 7.75. The molecule has 0 saturated carbocycles. The Hall–Kier alpha value is -3.29. The number of anilines is 3. The predicted molar refractivity (Wildman–Crippen MR) is 160 cm³/mol. The highest BCUT2D eigenvalue weighted by atomic mass is 35.5. The number of rotatable bonds is 9. The molecule has 1 aromatic carbocycles. The fourth-order valence-corrected chi connectivity index (χ4v) is 5.02. The summed E-state index contributed by atoms with van der Waals surface area (Å²) in [6.45, 7) is 8.11. The van der Waals surface area contributed by atoms with Crippen LogP contribution in [0.25, 0.3) is 11.0 Å². The van der Waals surface area contributed by atoms with E-state index in [1.807, 2.05) is 37.2 Å². The van der Waals surface area contributed by atoms with Crippen molar-refractivity contribution in [1.82, 2.24) is 24.0 Å². The number of nitrogens with zero attached hydrogens (tertiary/aromatic N) is 6. The lowest BCUT2D eigenvalue weighted by Gasteiger charge is -2.41. The second-order valence-corrected chi connectivity index (χ2v) is 12.0. The van der Waals surface area contributed by atoms with Crippen LogP contribution in [-0.4, -0.2) is 85.9 Å². The lowest BCUT2D eigenvalue weighted by molar-refractivity contribution is -0.122.